The van der Waals surface area contributed by atoms with Crippen LogP contribution in [0.15, 0.2) is 17.5 Å². The van der Waals surface area contributed by atoms with Crippen molar-refractivity contribution in [2.45, 2.75) is 6.18 Å². The van der Waals surface area contributed by atoms with Gasteiger partial charge in [0.05, 0.1) is 25.2 Å². The van der Waals surface area contributed by atoms with Crippen LogP contribution in [-0.2, 0) is 0 Å². The highest BCUT2D eigenvalue weighted by Gasteiger charge is 2.41. The predicted molar refractivity (Wildman–Crippen MR) is 71.8 cm³/mol. The summed E-state index contributed by atoms with van der Waals surface area (Å²) in [5.74, 6) is -2.03. The minimum atomic E-state index is -5.01. The number of carbonyl (C=O) groups is 1. The molecule has 0 atom stereocenters. The second-order valence-electron chi connectivity index (χ2n) is 4.49. The molecule has 0 bridgehead atoms. The first-order chi connectivity index (χ1) is 10.3. The van der Waals surface area contributed by atoms with Crippen molar-refractivity contribution in [3.8, 4) is 5.75 Å². The standard InChI is InChI=1S/C12H12F3N5O2/c1-19(2)5-16-11-9(22-3)8-7(10(21)12(13,14)15)4-18-20(8)6-17-11/h4-6H,1-3H3. The Labute approximate surface area is 123 Å². The molecule has 2 aromatic rings. The minimum absolute atomic E-state index is 0.0421. The molecule has 0 saturated carbocycles. The number of hydrogen-bond acceptors (Lipinski definition) is 5. The van der Waals surface area contributed by atoms with Gasteiger partial charge in [-0.15, -0.1) is 0 Å². The van der Waals surface area contributed by atoms with Crippen molar-refractivity contribution >= 4 is 23.5 Å². The number of carbonyl (C=O) groups excluding carboxylic acids is 1. The molecule has 0 aliphatic heterocycles. The van der Waals surface area contributed by atoms with Crippen LogP contribution in [0.4, 0.5) is 19.0 Å². The molecule has 118 valence electrons. The van der Waals surface area contributed by atoms with Gasteiger partial charge in [0.15, 0.2) is 11.6 Å². The summed E-state index contributed by atoms with van der Waals surface area (Å²) in [6.07, 6.45) is -1.62. The maximum Gasteiger partial charge on any atom is 0.455 e. The van der Waals surface area contributed by atoms with Crippen molar-refractivity contribution in [3.05, 3.63) is 18.1 Å². The summed E-state index contributed by atoms with van der Waals surface area (Å²) in [5.41, 5.74) is -0.751. The Morgan fingerprint density at radius 1 is 1.45 bits per heavy atom. The van der Waals surface area contributed by atoms with E-state index < -0.39 is 17.5 Å². The topological polar surface area (TPSA) is 72.1 Å². The Bertz CT molecular complexity index is 736. The molecule has 7 nitrogen and oxygen atoms in total. The number of Topliss-reactive ketones (excluding diaryl/α,β-unsaturated/α-hetero) is 1. The van der Waals surface area contributed by atoms with Gasteiger partial charge in [0.2, 0.25) is 0 Å². The molecular formula is C12H12F3N5O2. The zero-order valence-corrected chi connectivity index (χ0v) is 11.9. The lowest BCUT2D eigenvalue weighted by molar-refractivity contribution is -0.0884. The Balaban J connectivity index is 2.67. The van der Waals surface area contributed by atoms with E-state index in [2.05, 4.69) is 15.1 Å². The number of hydrogen-bond donors (Lipinski definition) is 0. The van der Waals surface area contributed by atoms with Crippen molar-refractivity contribution < 1.29 is 22.7 Å². The van der Waals surface area contributed by atoms with Gasteiger partial charge in [-0.05, 0) is 0 Å². The van der Waals surface area contributed by atoms with Gasteiger partial charge in [-0.2, -0.15) is 18.3 Å². The van der Waals surface area contributed by atoms with E-state index in [1.165, 1.54) is 13.4 Å². The summed E-state index contributed by atoms with van der Waals surface area (Å²) in [7, 11) is 4.68. The molecule has 2 heterocycles. The van der Waals surface area contributed by atoms with Crippen LogP contribution in [0.2, 0.25) is 0 Å². The van der Waals surface area contributed by atoms with Gasteiger partial charge in [-0.25, -0.2) is 14.5 Å². The second-order valence-corrected chi connectivity index (χ2v) is 4.49. The molecule has 22 heavy (non-hydrogen) atoms. The van der Waals surface area contributed by atoms with E-state index in [1.54, 1.807) is 19.0 Å². The Hall–Kier alpha value is -2.65. The molecule has 0 unspecified atom stereocenters. The lowest BCUT2D eigenvalue weighted by Gasteiger charge is -2.09. The summed E-state index contributed by atoms with van der Waals surface area (Å²) >= 11 is 0. The number of aromatic nitrogens is 3. The van der Waals surface area contributed by atoms with Crippen molar-refractivity contribution in [2.75, 3.05) is 21.2 Å². The number of ketones is 1. The number of halogens is 3. The Morgan fingerprint density at radius 2 is 2.14 bits per heavy atom. The van der Waals surface area contributed by atoms with Crippen molar-refractivity contribution in [3.63, 3.8) is 0 Å². The van der Waals surface area contributed by atoms with Gasteiger partial charge in [0.25, 0.3) is 5.78 Å². The van der Waals surface area contributed by atoms with Gasteiger partial charge in [-0.1, -0.05) is 0 Å². The van der Waals surface area contributed by atoms with Crippen molar-refractivity contribution in [1.29, 1.82) is 0 Å². The van der Waals surface area contributed by atoms with Crippen molar-refractivity contribution in [1.82, 2.24) is 19.5 Å². The average Bonchev–Trinajstić information content (AvgIpc) is 2.86. The van der Waals surface area contributed by atoms with E-state index >= 15 is 0 Å². The zero-order chi connectivity index (χ0) is 16.5. The summed E-state index contributed by atoms with van der Waals surface area (Å²) in [6, 6.07) is 0. The molecule has 0 spiro atoms. The largest absolute Gasteiger partial charge is 0.491 e. The van der Waals surface area contributed by atoms with Crippen LogP contribution >= 0.6 is 0 Å². The molecule has 0 fully saturated rings. The van der Waals surface area contributed by atoms with Crippen LogP contribution in [0.25, 0.3) is 5.52 Å². The van der Waals surface area contributed by atoms with Gasteiger partial charge in [0, 0.05) is 14.1 Å². The smallest absolute Gasteiger partial charge is 0.455 e. The second kappa shape index (κ2) is 5.62. The number of alkyl halides is 3. The fourth-order valence-electron chi connectivity index (χ4n) is 1.72. The average molecular weight is 315 g/mol. The third-order valence-electron chi connectivity index (χ3n) is 2.62. The quantitative estimate of drug-likeness (QED) is 0.488. The molecule has 0 aliphatic carbocycles. The summed E-state index contributed by atoms with van der Waals surface area (Å²) in [6.45, 7) is 0. The highest BCUT2D eigenvalue weighted by molar-refractivity contribution is 6.07. The fraction of sp³-hybridized carbons (Fsp3) is 0.333. The van der Waals surface area contributed by atoms with E-state index in [4.69, 9.17) is 4.74 Å². The van der Waals surface area contributed by atoms with Crippen molar-refractivity contribution in [2.24, 2.45) is 4.99 Å². The minimum Gasteiger partial charge on any atom is -0.491 e. The Morgan fingerprint density at radius 3 is 2.68 bits per heavy atom. The summed E-state index contributed by atoms with van der Waals surface area (Å²) < 4.78 is 44.1. The Kier molecular flexibility index (Phi) is 4.02. The van der Waals surface area contributed by atoms with E-state index in [-0.39, 0.29) is 17.1 Å². The molecule has 2 aromatic heterocycles. The number of nitrogens with zero attached hydrogens (tertiary/aromatic N) is 5. The molecule has 2 rings (SSSR count). The number of methoxy groups -OCH3 is 1. The molecule has 0 saturated heterocycles. The van der Waals surface area contributed by atoms with Crippen LogP contribution in [0.1, 0.15) is 10.4 Å². The number of ether oxygens (including phenoxy) is 1. The highest BCUT2D eigenvalue weighted by atomic mass is 19.4. The lowest BCUT2D eigenvalue weighted by atomic mass is 10.1. The van der Waals surface area contributed by atoms with E-state index in [0.717, 1.165) is 17.0 Å². The predicted octanol–water partition coefficient (Wildman–Crippen LogP) is 1.70. The zero-order valence-electron chi connectivity index (χ0n) is 11.9. The molecule has 10 heteroatoms. The maximum atomic E-state index is 12.7. The maximum absolute atomic E-state index is 12.7. The van der Waals surface area contributed by atoms with Gasteiger partial charge >= 0.3 is 6.18 Å². The summed E-state index contributed by atoms with van der Waals surface area (Å²) in [4.78, 5) is 21.0. The van der Waals surface area contributed by atoms with Crippen LogP contribution in [0, 0.1) is 0 Å². The summed E-state index contributed by atoms with van der Waals surface area (Å²) in [5, 5.41) is 3.69. The molecule has 0 radical (unpaired) electrons. The van der Waals surface area contributed by atoms with Crippen LogP contribution in [0.3, 0.4) is 0 Å². The normalized spacial score (nSPS) is 12.1. The third-order valence-corrected chi connectivity index (χ3v) is 2.62. The SMILES string of the molecule is COc1c(N=CN(C)C)ncn2ncc(C(=O)C(F)(F)F)c12. The number of rotatable bonds is 4. The first-order valence-corrected chi connectivity index (χ1v) is 5.98. The molecular weight excluding hydrogens is 303 g/mol. The lowest BCUT2D eigenvalue weighted by Crippen LogP contribution is -2.22. The van der Waals surface area contributed by atoms with E-state index in [1.807, 2.05) is 0 Å². The molecule has 0 aliphatic rings. The van der Waals surface area contributed by atoms with Gasteiger partial charge in [-0.3, -0.25) is 4.79 Å². The first kappa shape index (κ1) is 15.7. The third kappa shape index (κ3) is 2.85. The molecule has 0 amide bonds. The highest BCUT2D eigenvalue weighted by Crippen LogP contribution is 2.34. The fourth-order valence-corrected chi connectivity index (χ4v) is 1.72. The van der Waals surface area contributed by atoms with Gasteiger partial charge in [0.1, 0.15) is 11.8 Å². The molecule has 0 aromatic carbocycles. The first-order valence-electron chi connectivity index (χ1n) is 5.98. The van der Waals surface area contributed by atoms with Gasteiger partial charge < -0.3 is 9.64 Å². The van der Waals surface area contributed by atoms with Crippen LogP contribution in [-0.4, -0.2) is 59.0 Å². The van der Waals surface area contributed by atoms with Crippen LogP contribution < -0.4 is 4.74 Å². The monoisotopic (exact) mass is 315 g/mol. The van der Waals surface area contributed by atoms with E-state index in [0.29, 0.717) is 0 Å². The number of fused-ring (bicyclic) bond motifs is 1. The number of aliphatic imine (C=N–C) groups is 1. The van der Waals surface area contributed by atoms with E-state index in [9.17, 15) is 18.0 Å². The molecule has 0 N–H and O–H groups in total. The van der Waals surface area contributed by atoms with Crippen LogP contribution in [0.5, 0.6) is 5.75 Å².